The second-order valence-electron chi connectivity index (χ2n) is 7.28. The van der Waals surface area contributed by atoms with Gasteiger partial charge in [-0.3, -0.25) is 4.79 Å². The topological polar surface area (TPSA) is 78.4 Å². The monoisotopic (exact) mass is 400 g/mol. The zero-order chi connectivity index (χ0) is 21.4. The molecule has 0 saturated carbocycles. The van der Waals surface area contributed by atoms with Gasteiger partial charge >= 0.3 is 0 Å². The quantitative estimate of drug-likeness (QED) is 0.542. The molecule has 2 rings (SSSR count). The Bertz CT molecular complexity index is 855. The van der Waals surface area contributed by atoms with Gasteiger partial charge in [0.25, 0.3) is 5.91 Å². The standard InChI is InChI=1S/C22H28N2O5/c1-22(2,3)16-8-10-17(11-9-16)29-14-19(25)24-23-13-15-7-12-18(26-4)21(28-6)20(15)27-5/h7-13H,14H2,1-6H3,(H,24,25)/b23-13-. The highest BCUT2D eigenvalue weighted by Gasteiger charge is 2.15. The number of hydrogen-bond donors (Lipinski definition) is 1. The summed E-state index contributed by atoms with van der Waals surface area (Å²) in [5.74, 6) is 1.70. The van der Waals surface area contributed by atoms with E-state index in [1.807, 2.05) is 24.3 Å². The average Bonchev–Trinajstić information content (AvgIpc) is 2.71. The van der Waals surface area contributed by atoms with E-state index in [0.717, 1.165) is 0 Å². The number of nitrogens with zero attached hydrogens (tertiary/aromatic N) is 1. The molecule has 2 aromatic rings. The molecule has 7 nitrogen and oxygen atoms in total. The van der Waals surface area contributed by atoms with Crippen LogP contribution in [0.4, 0.5) is 0 Å². The highest BCUT2D eigenvalue weighted by atomic mass is 16.5. The van der Waals surface area contributed by atoms with Crippen LogP contribution in [0.2, 0.25) is 0 Å². The number of nitrogens with one attached hydrogen (secondary N) is 1. The zero-order valence-electron chi connectivity index (χ0n) is 17.7. The molecule has 0 aliphatic carbocycles. The van der Waals surface area contributed by atoms with E-state index in [1.165, 1.54) is 26.0 Å². The van der Waals surface area contributed by atoms with Gasteiger partial charge in [-0.2, -0.15) is 5.10 Å². The van der Waals surface area contributed by atoms with E-state index in [-0.39, 0.29) is 17.9 Å². The summed E-state index contributed by atoms with van der Waals surface area (Å²) in [6.07, 6.45) is 1.47. The van der Waals surface area contributed by atoms with E-state index in [4.69, 9.17) is 18.9 Å². The molecule has 0 unspecified atom stereocenters. The average molecular weight is 400 g/mol. The van der Waals surface area contributed by atoms with Crippen molar-refractivity contribution < 1.29 is 23.7 Å². The van der Waals surface area contributed by atoms with Gasteiger partial charge in [0.05, 0.1) is 27.5 Å². The van der Waals surface area contributed by atoms with Crippen molar-refractivity contribution in [3.05, 3.63) is 47.5 Å². The Morgan fingerprint density at radius 1 is 0.966 bits per heavy atom. The van der Waals surface area contributed by atoms with Crippen molar-refractivity contribution in [1.29, 1.82) is 0 Å². The van der Waals surface area contributed by atoms with Crippen molar-refractivity contribution in [2.75, 3.05) is 27.9 Å². The first kappa shape index (κ1) is 22.1. The molecule has 1 amide bonds. The number of carbonyl (C=O) groups is 1. The third-order valence-corrected chi connectivity index (χ3v) is 4.22. The highest BCUT2D eigenvalue weighted by Crippen LogP contribution is 2.38. The van der Waals surface area contributed by atoms with Crippen molar-refractivity contribution in [2.45, 2.75) is 26.2 Å². The number of hydrazone groups is 1. The lowest BCUT2D eigenvalue weighted by Gasteiger charge is -2.19. The third-order valence-electron chi connectivity index (χ3n) is 4.22. The van der Waals surface area contributed by atoms with E-state index >= 15 is 0 Å². The molecule has 0 heterocycles. The molecule has 0 aromatic heterocycles. The van der Waals surface area contributed by atoms with Gasteiger partial charge in [0.1, 0.15) is 5.75 Å². The van der Waals surface area contributed by atoms with Crippen LogP contribution in [0.1, 0.15) is 31.9 Å². The van der Waals surface area contributed by atoms with Crippen LogP contribution in [-0.4, -0.2) is 40.1 Å². The lowest BCUT2D eigenvalue weighted by molar-refractivity contribution is -0.123. The van der Waals surface area contributed by atoms with E-state index in [9.17, 15) is 4.79 Å². The fourth-order valence-corrected chi connectivity index (χ4v) is 2.63. The van der Waals surface area contributed by atoms with Gasteiger partial charge in [-0.25, -0.2) is 5.43 Å². The first-order chi connectivity index (χ1) is 13.8. The van der Waals surface area contributed by atoms with Crippen molar-refractivity contribution in [3.8, 4) is 23.0 Å². The summed E-state index contributed by atoms with van der Waals surface area (Å²) in [4.78, 5) is 12.0. The number of amides is 1. The highest BCUT2D eigenvalue weighted by molar-refractivity contribution is 5.87. The minimum atomic E-state index is -0.374. The fraction of sp³-hybridized carbons (Fsp3) is 0.364. The normalized spacial score (nSPS) is 11.2. The minimum absolute atomic E-state index is 0.0653. The second kappa shape index (κ2) is 9.82. The summed E-state index contributed by atoms with van der Waals surface area (Å²) in [6, 6.07) is 11.2. The number of rotatable bonds is 8. The molecule has 0 radical (unpaired) electrons. The Morgan fingerprint density at radius 2 is 1.62 bits per heavy atom. The first-order valence-corrected chi connectivity index (χ1v) is 9.14. The van der Waals surface area contributed by atoms with Crippen LogP contribution in [0.3, 0.4) is 0 Å². The molecule has 0 spiro atoms. The summed E-state index contributed by atoms with van der Waals surface area (Å²) in [6.45, 7) is 6.28. The second-order valence-corrected chi connectivity index (χ2v) is 7.28. The Kier molecular flexibility index (Phi) is 7.47. The Hall–Kier alpha value is -3.22. The maximum Gasteiger partial charge on any atom is 0.277 e. The molecule has 0 atom stereocenters. The molecule has 7 heteroatoms. The molecular formula is C22H28N2O5. The van der Waals surface area contributed by atoms with Gasteiger partial charge in [-0.15, -0.1) is 0 Å². The fourth-order valence-electron chi connectivity index (χ4n) is 2.63. The van der Waals surface area contributed by atoms with Crippen LogP contribution in [0, 0.1) is 0 Å². The Morgan fingerprint density at radius 3 is 2.17 bits per heavy atom. The van der Waals surface area contributed by atoms with Crippen LogP contribution in [-0.2, 0) is 10.2 Å². The molecule has 0 fully saturated rings. The molecule has 0 saturated heterocycles. The molecule has 0 aliphatic heterocycles. The van der Waals surface area contributed by atoms with E-state index in [1.54, 1.807) is 19.2 Å². The predicted molar refractivity (Wildman–Crippen MR) is 112 cm³/mol. The van der Waals surface area contributed by atoms with Gasteiger partial charge in [-0.05, 0) is 35.2 Å². The lowest BCUT2D eigenvalue weighted by Crippen LogP contribution is -2.24. The molecular weight excluding hydrogens is 372 g/mol. The van der Waals surface area contributed by atoms with Gasteiger partial charge in [-0.1, -0.05) is 32.9 Å². The smallest absolute Gasteiger partial charge is 0.277 e. The van der Waals surface area contributed by atoms with Crippen LogP contribution >= 0.6 is 0 Å². The van der Waals surface area contributed by atoms with Crippen molar-refractivity contribution in [2.24, 2.45) is 5.10 Å². The largest absolute Gasteiger partial charge is 0.493 e. The first-order valence-electron chi connectivity index (χ1n) is 9.14. The zero-order valence-corrected chi connectivity index (χ0v) is 17.7. The summed E-state index contributed by atoms with van der Waals surface area (Å²) >= 11 is 0. The molecule has 0 aliphatic rings. The van der Waals surface area contributed by atoms with Gasteiger partial charge in [0.15, 0.2) is 18.1 Å². The van der Waals surface area contributed by atoms with Crippen LogP contribution in [0.25, 0.3) is 0 Å². The Labute approximate surface area is 171 Å². The van der Waals surface area contributed by atoms with E-state index in [0.29, 0.717) is 28.6 Å². The summed E-state index contributed by atoms with van der Waals surface area (Å²) in [5, 5.41) is 3.96. The molecule has 156 valence electrons. The number of carbonyl (C=O) groups excluding carboxylic acids is 1. The number of methoxy groups -OCH3 is 3. The molecule has 29 heavy (non-hydrogen) atoms. The summed E-state index contributed by atoms with van der Waals surface area (Å²) < 4.78 is 21.4. The van der Waals surface area contributed by atoms with Gasteiger partial charge < -0.3 is 18.9 Å². The van der Waals surface area contributed by atoms with E-state index < -0.39 is 0 Å². The Balaban J connectivity index is 1.95. The van der Waals surface area contributed by atoms with Crippen molar-refractivity contribution in [1.82, 2.24) is 5.43 Å². The van der Waals surface area contributed by atoms with Crippen LogP contribution in [0.5, 0.6) is 23.0 Å². The molecule has 1 N–H and O–H groups in total. The molecule has 0 bridgehead atoms. The minimum Gasteiger partial charge on any atom is -0.493 e. The van der Waals surface area contributed by atoms with E-state index in [2.05, 4.69) is 31.3 Å². The van der Waals surface area contributed by atoms with Crippen molar-refractivity contribution >= 4 is 12.1 Å². The number of ether oxygens (including phenoxy) is 4. The maximum absolute atomic E-state index is 12.0. The summed E-state index contributed by atoms with van der Waals surface area (Å²) in [5.41, 5.74) is 4.32. The van der Waals surface area contributed by atoms with Crippen LogP contribution < -0.4 is 24.4 Å². The predicted octanol–water partition coefficient (Wildman–Crippen LogP) is 3.54. The SMILES string of the molecule is COc1ccc(/C=N\NC(=O)COc2ccc(C(C)(C)C)cc2)c(OC)c1OC. The number of benzene rings is 2. The number of hydrogen-bond acceptors (Lipinski definition) is 6. The van der Waals surface area contributed by atoms with Crippen LogP contribution in [0.15, 0.2) is 41.5 Å². The third kappa shape index (κ3) is 5.88. The molecule has 2 aromatic carbocycles. The van der Waals surface area contributed by atoms with Gasteiger partial charge in [0, 0.05) is 5.56 Å². The van der Waals surface area contributed by atoms with Gasteiger partial charge in [0.2, 0.25) is 5.75 Å². The maximum atomic E-state index is 12.0. The van der Waals surface area contributed by atoms with Crippen molar-refractivity contribution in [3.63, 3.8) is 0 Å². The lowest BCUT2D eigenvalue weighted by atomic mass is 9.87. The summed E-state index contributed by atoms with van der Waals surface area (Å²) in [7, 11) is 4.59.